The molecule has 1 N–H and O–H groups in total. The third-order valence-electron chi connectivity index (χ3n) is 2.21. The van der Waals surface area contributed by atoms with E-state index in [1.807, 2.05) is 12.3 Å². The summed E-state index contributed by atoms with van der Waals surface area (Å²) in [5.74, 6) is 0. The van der Waals surface area contributed by atoms with Crippen molar-refractivity contribution in [2.75, 3.05) is 0 Å². The van der Waals surface area contributed by atoms with Gasteiger partial charge in [-0.05, 0) is 31.5 Å². The molecule has 66 valence electrons. The molecule has 2 heteroatoms. The SMILES string of the molecule is Cc1cc(C)c2[nH]ccc(=S)c2c1. The first-order valence-corrected chi connectivity index (χ1v) is 4.68. The monoisotopic (exact) mass is 189 g/mol. The Labute approximate surface area is 82.4 Å². The molecule has 0 aliphatic carbocycles. The molecule has 13 heavy (non-hydrogen) atoms. The Hall–Kier alpha value is -1.15. The molecular weight excluding hydrogens is 178 g/mol. The van der Waals surface area contributed by atoms with Crippen LogP contribution in [0.5, 0.6) is 0 Å². The van der Waals surface area contributed by atoms with Gasteiger partial charge in [0, 0.05) is 21.6 Å². The van der Waals surface area contributed by atoms with Crippen LogP contribution < -0.4 is 0 Å². The number of fused-ring (bicyclic) bond motifs is 1. The fraction of sp³-hybridized carbons (Fsp3) is 0.182. The highest BCUT2D eigenvalue weighted by Gasteiger charge is 1.98. The topological polar surface area (TPSA) is 15.8 Å². The summed E-state index contributed by atoms with van der Waals surface area (Å²) in [6.07, 6.45) is 1.90. The number of benzene rings is 1. The first-order chi connectivity index (χ1) is 6.18. The summed E-state index contributed by atoms with van der Waals surface area (Å²) >= 11 is 5.25. The van der Waals surface area contributed by atoms with E-state index in [-0.39, 0.29) is 0 Å². The highest BCUT2D eigenvalue weighted by molar-refractivity contribution is 7.71. The van der Waals surface area contributed by atoms with E-state index in [1.54, 1.807) is 0 Å². The predicted molar refractivity (Wildman–Crippen MR) is 58.6 cm³/mol. The van der Waals surface area contributed by atoms with Gasteiger partial charge in [0.1, 0.15) is 0 Å². The standard InChI is InChI=1S/C11H11NS/c1-7-5-8(2)11-9(6-7)10(13)3-4-12-11/h3-6H,1-2H3,(H,12,13). The first-order valence-electron chi connectivity index (χ1n) is 4.27. The van der Waals surface area contributed by atoms with Gasteiger partial charge < -0.3 is 4.98 Å². The molecule has 2 aromatic rings. The van der Waals surface area contributed by atoms with Gasteiger partial charge in [-0.25, -0.2) is 0 Å². The summed E-state index contributed by atoms with van der Waals surface area (Å²) in [6, 6.07) is 6.21. The van der Waals surface area contributed by atoms with Gasteiger partial charge in [-0.15, -0.1) is 0 Å². The summed E-state index contributed by atoms with van der Waals surface area (Å²) in [6.45, 7) is 4.19. The summed E-state index contributed by atoms with van der Waals surface area (Å²) in [7, 11) is 0. The number of hydrogen-bond acceptors (Lipinski definition) is 1. The number of hydrogen-bond donors (Lipinski definition) is 1. The number of aromatic amines is 1. The van der Waals surface area contributed by atoms with Gasteiger partial charge in [0.05, 0.1) is 0 Å². The average molecular weight is 189 g/mol. The van der Waals surface area contributed by atoms with Gasteiger partial charge in [-0.2, -0.15) is 0 Å². The Kier molecular flexibility index (Phi) is 1.93. The second-order valence-electron chi connectivity index (χ2n) is 3.35. The number of pyridine rings is 1. The first kappa shape index (κ1) is 8.45. The summed E-state index contributed by atoms with van der Waals surface area (Å²) in [5.41, 5.74) is 3.66. The average Bonchev–Trinajstić information content (AvgIpc) is 2.07. The molecule has 0 spiro atoms. The Bertz CT molecular complexity index is 511. The van der Waals surface area contributed by atoms with Gasteiger partial charge in [-0.1, -0.05) is 23.8 Å². The van der Waals surface area contributed by atoms with Crippen molar-refractivity contribution in [2.24, 2.45) is 0 Å². The molecule has 0 radical (unpaired) electrons. The molecule has 0 aliphatic heterocycles. The van der Waals surface area contributed by atoms with Crippen LogP contribution in [0.25, 0.3) is 10.9 Å². The van der Waals surface area contributed by atoms with Crippen LogP contribution in [0.3, 0.4) is 0 Å². The number of rotatable bonds is 0. The highest BCUT2D eigenvalue weighted by Crippen LogP contribution is 2.18. The van der Waals surface area contributed by atoms with Crippen molar-refractivity contribution in [3.8, 4) is 0 Å². The summed E-state index contributed by atoms with van der Waals surface area (Å²) in [5, 5.41) is 1.15. The minimum absolute atomic E-state index is 0.917. The van der Waals surface area contributed by atoms with Gasteiger partial charge in [0.2, 0.25) is 0 Å². The van der Waals surface area contributed by atoms with Gasteiger partial charge in [0.25, 0.3) is 0 Å². The van der Waals surface area contributed by atoms with Crippen molar-refractivity contribution in [1.82, 2.24) is 4.98 Å². The van der Waals surface area contributed by atoms with Crippen molar-refractivity contribution in [2.45, 2.75) is 13.8 Å². The van der Waals surface area contributed by atoms with E-state index in [0.717, 1.165) is 15.4 Å². The van der Waals surface area contributed by atoms with Crippen molar-refractivity contribution >= 4 is 23.1 Å². The van der Waals surface area contributed by atoms with Crippen molar-refractivity contribution in [3.05, 3.63) is 40.0 Å². The van der Waals surface area contributed by atoms with E-state index in [9.17, 15) is 0 Å². The molecule has 0 bridgehead atoms. The second-order valence-corrected chi connectivity index (χ2v) is 3.79. The Morgan fingerprint density at radius 3 is 2.77 bits per heavy atom. The Morgan fingerprint density at radius 2 is 2.00 bits per heavy atom. The van der Waals surface area contributed by atoms with E-state index in [2.05, 4.69) is 31.0 Å². The molecule has 1 heterocycles. The maximum absolute atomic E-state index is 5.25. The van der Waals surface area contributed by atoms with Crippen LogP contribution in [0.4, 0.5) is 0 Å². The molecule has 0 aliphatic rings. The number of aryl methyl sites for hydroxylation is 2. The molecule has 0 saturated heterocycles. The van der Waals surface area contributed by atoms with Gasteiger partial charge in [0.15, 0.2) is 0 Å². The lowest BCUT2D eigenvalue weighted by Crippen LogP contribution is -1.85. The molecular formula is C11H11NS. The molecule has 1 aromatic heterocycles. The second kappa shape index (κ2) is 2.96. The quantitative estimate of drug-likeness (QED) is 0.627. The lowest BCUT2D eigenvalue weighted by Gasteiger charge is -2.03. The third-order valence-corrected chi connectivity index (χ3v) is 2.56. The smallest absolute Gasteiger partial charge is 0.0497 e. The maximum atomic E-state index is 5.25. The fourth-order valence-corrected chi connectivity index (χ4v) is 1.87. The molecule has 0 atom stereocenters. The molecule has 0 saturated carbocycles. The van der Waals surface area contributed by atoms with E-state index in [1.165, 1.54) is 11.1 Å². The number of nitrogens with one attached hydrogen (secondary N) is 1. The number of H-pyrrole nitrogens is 1. The zero-order valence-corrected chi connectivity index (χ0v) is 8.53. The van der Waals surface area contributed by atoms with Crippen LogP contribution in [0.1, 0.15) is 11.1 Å². The van der Waals surface area contributed by atoms with Crippen LogP contribution in [-0.2, 0) is 0 Å². The molecule has 0 amide bonds. The summed E-state index contributed by atoms with van der Waals surface area (Å²) < 4.78 is 0.917. The Morgan fingerprint density at radius 1 is 1.23 bits per heavy atom. The van der Waals surface area contributed by atoms with E-state index < -0.39 is 0 Å². The van der Waals surface area contributed by atoms with Crippen LogP contribution in [0.2, 0.25) is 0 Å². The fourth-order valence-electron chi connectivity index (χ4n) is 1.64. The van der Waals surface area contributed by atoms with Gasteiger partial charge >= 0.3 is 0 Å². The highest BCUT2D eigenvalue weighted by atomic mass is 32.1. The zero-order valence-electron chi connectivity index (χ0n) is 7.72. The zero-order chi connectivity index (χ0) is 9.42. The largest absolute Gasteiger partial charge is 0.361 e. The molecule has 0 unspecified atom stereocenters. The van der Waals surface area contributed by atoms with Crippen molar-refractivity contribution < 1.29 is 0 Å². The number of aromatic nitrogens is 1. The van der Waals surface area contributed by atoms with Crippen LogP contribution in [-0.4, -0.2) is 4.98 Å². The lowest BCUT2D eigenvalue weighted by molar-refractivity contribution is 1.34. The normalized spacial score (nSPS) is 10.6. The molecule has 2 rings (SSSR count). The minimum Gasteiger partial charge on any atom is -0.361 e. The van der Waals surface area contributed by atoms with Gasteiger partial charge in [-0.3, -0.25) is 0 Å². The third kappa shape index (κ3) is 1.38. The molecule has 1 nitrogen and oxygen atoms in total. The van der Waals surface area contributed by atoms with E-state index in [0.29, 0.717) is 0 Å². The van der Waals surface area contributed by atoms with Crippen LogP contribution >= 0.6 is 12.2 Å². The van der Waals surface area contributed by atoms with Crippen LogP contribution in [0.15, 0.2) is 24.4 Å². The lowest BCUT2D eigenvalue weighted by atomic mass is 10.1. The van der Waals surface area contributed by atoms with Crippen molar-refractivity contribution in [1.29, 1.82) is 0 Å². The molecule has 0 fully saturated rings. The maximum Gasteiger partial charge on any atom is 0.0497 e. The summed E-state index contributed by atoms with van der Waals surface area (Å²) in [4.78, 5) is 3.22. The Balaban J connectivity index is 3.03. The van der Waals surface area contributed by atoms with Crippen molar-refractivity contribution in [3.63, 3.8) is 0 Å². The van der Waals surface area contributed by atoms with Crippen LogP contribution in [0, 0.1) is 18.4 Å². The van der Waals surface area contributed by atoms with E-state index >= 15 is 0 Å². The minimum atomic E-state index is 0.917. The van der Waals surface area contributed by atoms with E-state index in [4.69, 9.17) is 12.2 Å². The molecule has 1 aromatic carbocycles. The predicted octanol–water partition coefficient (Wildman–Crippen LogP) is 3.51.